The van der Waals surface area contributed by atoms with Crippen LogP contribution in [-0.2, 0) is 16.1 Å². The molecule has 0 saturated carbocycles. The number of amides is 1. The van der Waals surface area contributed by atoms with Crippen molar-refractivity contribution >= 4 is 12.1 Å². The number of benzene rings is 2. The first-order chi connectivity index (χ1) is 17.4. The van der Waals surface area contributed by atoms with Gasteiger partial charge in [0, 0.05) is 31.0 Å². The average molecular weight is 494 g/mol. The second-order valence-electron chi connectivity index (χ2n) is 9.41. The van der Waals surface area contributed by atoms with Crippen LogP contribution in [0.2, 0.25) is 0 Å². The first kappa shape index (κ1) is 25.2. The minimum Gasteiger partial charge on any atom is -0.484 e. The molecule has 190 valence electrons. The number of aliphatic carboxylic acids is 1. The summed E-state index contributed by atoms with van der Waals surface area (Å²) in [5.74, 6) is 0.871. The molecule has 3 aromatic rings. The number of carbonyl (C=O) groups is 2. The van der Waals surface area contributed by atoms with Crippen molar-refractivity contribution in [1.29, 1.82) is 0 Å². The fourth-order valence-electron chi connectivity index (χ4n) is 4.33. The molecule has 0 bridgehead atoms. The van der Waals surface area contributed by atoms with E-state index in [0.717, 1.165) is 11.1 Å². The smallest absolute Gasteiger partial charge is 0.409 e. The lowest BCUT2D eigenvalue weighted by atomic mass is 9.86. The number of hydrogen-bond acceptors (Lipinski definition) is 7. The highest BCUT2D eigenvalue weighted by Gasteiger charge is 2.37. The normalized spacial score (nSPS) is 17.4. The average Bonchev–Trinajstić information content (AvgIpc) is 3.53. The summed E-state index contributed by atoms with van der Waals surface area (Å²) in [4.78, 5) is 29.9. The topological polar surface area (TPSA) is 115 Å². The largest absolute Gasteiger partial charge is 0.484 e. The van der Waals surface area contributed by atoms with Crippen molar-refractivity contribution in [3.8, 4) is 17.1 Å². The zero-order valence-corrected chi connectivity index (χ0v) is 20.5. The van der Waals surface area contributed by atoms with E-state index in [1.807, 2.05) is 68.4 Å². The van der Waals surface area contributed by atoms with Gasteiger partial charge in [-0.3, -0.25) is 4.79 Å². The van der Waals surface area contributed by atoms with Crippen molar-refractivity contribution in [1.82, 2.24) is 15.0 Å². The highest BCUT2D eigenvalue weighted by molar-refractivity contribution is 5.69. The van der Waals surface area contributed by atoms with Gasteiger partial charge >= 0.3 is 12.1 Å². The third-order valence-electron chi connectivity index (χ3n) is 6.12. The molecule has 1 N–H and O–H groups in total. The van der Waals surface area contributed by atoms with Crippen LogP contribution in [0.1, 0.15) is 44.1 Å². The van der Waals surface area contributed by atoms with E-state index < -0.39 is 5.97 Å². The van der Waals surface area contributed by atoms with Gasteiger partial charge in [0.2, 0.25) is 5.82 Å². The van der Waals surface area contributed by atoms with E-state index >= 15 is 0 Å². The van der Waals surface area contributed by atoms with E-state index in [2.05, 4.69) is 10.1 Å². The van der Waals surface area contributed by atoms with Crippen LogP contribution in [0, 0.1) is 11.8 Å². The van der Waals surface area contributed by atoms with Crippen LogP contribution in [0.3, 0.4) is 0 Å². The van der Waals surface area contributed by atoms with Gasteiger partial charge in [-0.2, -0.15) is 4.98 Å². The van der Waals surface area contributed by atoms with Crippen molar-refractivity contribution in [3.63, 3.8) is 0 Å². The molecule has 0 radical (unpaired) electrons. The van der Waals surface area contributed by atoms with Crippen LogP contribution in [-0.4, -0.2) is 51.9 Å². The summed E-state index contributed by atoms with van der Waals surface area (Å²) < 4.78 is 16.7. The Morgan fingerprint density at radius 3 is 2.69 bits per heavy atom. The Balaban J connectivity index is 1.43. The standard InChI is InChI=1S/C27H31N3O6/c1-18(2)16-35-27(33)30-14-21(11-12-25(31)32)23(15-30)20-9-6-10-22(13-20)34-17-24-28-26(29-36-24)19-7-4-3-5-8-19/h3-10,13,18,21,23H,11-12,14-17H2,1-2H3,(H,31,32)/t21-,23-/m0/s1. The molecule has 9 nitrogen and oxygen atoms in total. The number of carboxylic acids is 1. The van der Waals surface area contributed by atoms with Crippen molar-refractivity contribution in [3.05, 3.63) is 66.1 Å². The summed E-state index contributed by atoms with van der Waals surface area (Å²) in [5, 5.41) is 13.2. The van der Waals surface area contributed by atoms with Gasteiger partial charge in [-0.15, -0.1) is 0 Å². The van der Waals surface area contributed by atoms with Crippen LogP contribution < -0.4 is 4.74 Å². The molecule has 1 saturated heterocycles. The second-order valence-corrected chi connectivity index (χ2v) is 9.41. The van der Waals surface area contributed by atoms with Crippen molar-refractivity contribution in [2.45, 2.75) is 39.2 Å². The van der Waals surface area contributed by atoms with Gasteiger partial charge in [-0.25, -0.2) is 4.79 Å². The van der Waals surface area contributed by atoms with Gasteiger partial charge in [-0.05, 0) is 36.0 Å². The molecule has 1 aromatic heterocycles. The van der Waals surface area contributed by atoms with E-state index in [-0.39, 0.29) is 36.9 Å². The zero-order valence-electron chi connectivity index (χ0n) is 20.5. The third kappa shape index (κ3) is 6.62. The maximum absolute atomic E-state index is 12.6. The molecule has 2 aromatic carbocycles. The van der Waals surface area contributed by atoms with Gasteiger partial charge < -0.3 is 24.0 Å². The Morgan fingerprint density at radius 1 is 1.14 bits per heavy atom. The number of hydrogen-bond donors (Lipinski definition) is 1. The Kier molecular flexibility index (Phi) is 8.20. The van der Waals surface area contributed by atoms with Crippen molar-refractivity contribution in [2.75, 3.05) is 19.7 Å². The fourth-order valence-corrected chi connectivity index (χ4v) is 4.33. The Hall–Kier alpha value is -3.88. The van der Waals surface area contributed by atoms with Crippen molar-refractivity contribution < 1.29 is 28.7 Å². The lowest BCUT2D eigenvalue weighted by Crippen LogP contribution is -2.30. The van der Waals surface area contributed by atoms with Crippen LogP contribution in [0.4, 0.5) is 4.79 Å². The zero-order chi connectivity index (χ0) is 25.5. The molecule has 1 amide bonds. The minimum atomic E-state index is -0.846. The molecule has 4 rings (SSSR count). The van der Waals surface area contributed by atoms with E-state index in [0.29, 0.717) is 43.6 Å². The predicted molar refractivity (Wildman–Crippen MR) is 131 cm³/mol. The molecule has 9 heteroatoms. The second kappa shape index (κ2) is 11.7. The Bertz CT molecular complexity index is 1160. The van der Waals surface area contributed by atoms with Gasteiger partial charge in [0.15, 0.2) is 6.61 Å². The Morgan fingerprint density at radius 2 is 1.94 bits per heavy atom. The summed E-state index contributed by atoms with van der Waals surface area (Å²) in [7, 11) is 0. The predicted octanol–water partition coefficient (Wildman–Crippen LogP) is 4.99. The van der Waals surface area contributed by atoms with E-state index in [1.54, 1.807) is 4.90 Å². The lowest BCUT2D eigenvalue weighted by molar-refractivity contribution is -0.137. The van der Waals surface area contributed by atoms with Gasteiger partial charge in [0.1, 0.15) is 5.75 Å². The van der Waals surface area contributed by atoms with Gasteiger partial charge in [0.05, 0.1) is 6.61 Å². The monoisotopic (exact) mass is 493 g/mol. The first-order valence-electron chi connectivity index (χ1n) is 12.1. The van der Waals surface area contributed by atoms with Crippen LogP contribution in [0.5, 0.6) is 5.75 Å². The summed E-state index contributed by atoms with van der Waals surface area (Å²) >= 11 is 0. The number of nitrogens with zero attached hydrogens (tertiary/aromatic N) is 3. The van der Waals surface area contributed by atoms with E-state index in [1.165, 1.54) is 0 Å². The maximum atomic E-state index is 12.6. The highest BCUT2D eigenvalue weighted by Crippen LogP contribution is 2.37. The molecular weight excluding hydrogens is 462 g/mol. The van der Waals surface area contributed by atoms with Crippen molar-refractivity contribution in [2.24, 2.45) is 11.8 Å². The Labute approximate surface area is 210 Å². The molecule has 36 heavy (non-hydrogen) atoms. The van der Waals surface area contributed by atoms with Gasteiger partial charge in [0.25, 0.3) is 5.89 Å². The van der Waals surface area contributed by atoms with Crippen LogP contribution >= 0.6 is 0 Å². The van der Waals surface area contributed by atoms with E-state index in [9.17, 15) is 14.7 Å². The summed E-state index contributed by atoms with van der Waals surface area (Å²) in [6, 6.07) is 17.2. The summed E-state index contributed by atoms with van der Waals surface area (Å²) in [5.41, 5.74) is 1.84. The SMILES string of the molecule is CC(C)COC(=O)N1C[C@H](CCC(=O)O)[C@H](c2cccc(OCc3nc(-c4ccccc4)no3)c2)C1. The molecule has 2 heterocycles. The molecule has 1 fully saturated rings. The molecule has 1 aliphatic rings. The fraction of sp³-hybridized carbons (Fsp3) is 0.407. The quantitative estimate of drug-likeness (QED) is 0.420. The molecule has 2 atom stereocenters. The number of likely N-dealkylation sites (tertiary alicyclic amines) is 1. The lowest BCUT2D eigenvalue weighted by Gasteiger charge is -2.18. The first-order valence-corrected chi connectivity index (χ1v) is 12.1. The highest BCUT2D eigenvalue weighted by atomic mass is 16.6. The summed E-state index contributed by atoms with van der Waals surface area (Å²) in [6.07, 6.45) is 0.167. The number of ether oxygens (including phenoxy) is 2. The molecular formula is C27H31N3O6. The third-order valence-corrected chi connectivity index (χ3v) is 6.12. The van der Waals surface area contributed by atoms with Crippen LogP contribution in [0.15, 0.2) is 59.1 Å². The molecule has 1 aliphatic heterocycles. The van der Waals surface area contributed by atoms with E-state index in [4.69, 9.17) is 14.0 Å². The minimum absolute atomic E-state index is 0.00678. The van der Waals surface area contributed by atoms with Crippen LogP contribution in [0.25, 0.3) is 11.4 Å². The molecule has 0 unspecified atom stereocenters. The number of carboxylic acid groups (broad SMARTS) is 1. The summed E-state index contributed by atoms with van der Waals surface area (Å²) in [6.45, 7) is 5.36. The maximum Gasteiger partial charge on any atom is 0.409 e. The molecule has 0 spiro atoms. The van der Waals surface area contributed by atoms with Gasteiger partial charge in [-0.1, -0.05) is 61.5 Å². The number of rotatable bonds is 10. The number of carbonyl (C=O) groups excluding carboxylic acids is 1. The number of aromatic nitrogens is 2. The molecule has 0 aliphatic carbocycles.